The normalized spacial score (nSPS) is 23.3. The van der Waals surface area contributed by atoms with Gasteiger partial charge in [0.25, 0.3) is 0 Å². The molecule has 138 valence electrons. The van der Waals surface area contributed by atoms with E-state index in [2.05, 4.69) is 24.1 Å². The molecule has 0 aromatic heterocycles. The van der Waals surface area contributed by atoms with Gasteiger partial charge in [-0.05, 0) is 36.5 Å². The predicted octanol–water partition coefficient (Wildman–Crippen LogP) is 2.72. The van der Waals surface area contributed by atoms with Crippen LogP contribution < -0.4 is 5.32 Å². The molecule has 25 heavy (non-hydrogen) atoms. The van der Waals surface area contributed by atoms with Crippen LogP contribution in [0.2, 0.25) is 0 Å². The van der Waals surface area contributed by atoms with Gasteiger partial charge in [-0.1, -0.05) is 32.4 Å². The minimum atomic E-state index is -0.486. The fourth-order valence-corrected chi connectivity index (χ4v) is 3.91. The summed E-state index contributed by atoms with van der Waals surface area (Å²) >= 11 is 0. The van der Waals surface area contributed by atoms with E-state index >= 15 is 0 Å². The molecule has 2 aliphatic rings. The van der Waals surface area contributed by atoms with Crippen LogP contribution in [0.5, 0.6) is 0 Å². The van der Waals surface area contributed by atoms with Crippen molar-refractivity contribution in [1.82, 2.24) is 10.2 Å². The van der Waals surface area contributed by atoms with E-state index in [0.29, 0.717) is 12.5 Å². The van der Waals surface area contributed by atoms with E-state index in [4.69, 9.17) is 4.74 Å². The zero-order valence-electron chi connectivity index (χ0n) is 15.3. The topological polar surface area (TPSA) is 41.6 Å². The fourth-order valence-electron chi connectivity index (χ4n) is 3.91. The molecule has 3 rings (SSSR count). The minimum Gasteiger partial charge on any atom is -0.374 e. The van der Waals surface area contributed by atoms with Crippen molar-refractivity contribution in [3.8, 4) is 0 Å². The van der Waals surface area contributed by atoms with Crippen molar-refractivity contribution in [3.63, 3.8) is 0 Å². The summed E-state index contributed by atoms with van der Waals surface area (Å²) in [5.74, 6) is 0.416. The summed E-state index contributed by atoms with van der Waals surface area (Å²) in [7, 11) is 0. The van der Waals surface area contributed by atoms with Crippen LogP contribution in [0.1, 0.15) is 38.7 Å². The van der Waals surface area contributed by atoms with E-state index in [1.807, 2.05) is 0 Å². The zero-order valence-corrected chi connectivity index (χ0v) is 15.3. The van der Waals surface area contributed by atoms with Crippen LogP contribution in [-0.4, -0.2) is 49.7 Å². The summed E-state index contributed by atoms with van der Waals surface area (Å²) in [4.78, 5) is 15.3. The second kappa shape index (κ2) is 7.83. The maximum absolute atomic E-state index is 13.2. The maximum Gasteiger partial charge on any atom is 0.230 e. The highest BCUT2D eigenvalue weighted by molar-refractivity contribution is 5.89. The third-order valence-corrected chi connectivity index (χ3v) is 5.38. The molecule has 1 saturated heterocycles. The highest BCUT2D eigenvalue weighted by Gasteiger charge is 2.45. The van der Waals surface area contributed by atoms with E-state index < -0.39 is 5.41 Å². The highest BCUT2D eigenvalue weighted by Crippen LogP contribution is 2.44. The lowest BCUT2D eigenvalue weighted by Gasteiger charge is -2.41. The van der Waals surface area contributed by atoms with Gasteiger partial charge in [-0.2, -0.15) is 0 Å². The van der Waals surface area contributed by atoms with Gasteiger partial charge in [0.2, 0.25) is 5.91 Å². The van der Waals surface area contributed by atoms with Crippen molar-refractivity contribution in [2.24, 2.45) is 5.92 Å². The Hall–Kier alpha value is -1.46. The van der Waals surface area contributed by atoms with E-state index in [9.17, 15) is 9.18 Å². The van der Waals surface area contributed by atoms with Crippen LogP contribution in [0.3, 0.4) is 0 Å². The van der Waals surface area contributed by atoms with Crippen LogP contribution in [0.25, 0.3) is 0 Å². The number of rotatable bonds is 6. The van der Waals surface area contributed by atoms with Crippen LogP contribution in [0.4, 0.5) is 4.39 Å². The third-order valence-electron chi connectivity index (χ3n) is 5.38. The molecule has 1 N–H and O–H groups in total. The van der Waals surface area contributed by atoms with E-state index in [1.165, 1.54) is 12.1 Å². The lowest BCUT2D eigenvalue weighted by atomic mass is 9.64. The average Bonchev–Trinajstić information content (AvgIpc) is 2.53. The number of hydrogen-bond acceptors (Lipinski definition) is 3. The third kappa shape index (κ3) is 4.21. The summed E-state index contributed by atoms with van der Waals surface area (Å²) in [6.07, 6.45) is 2.74. The predicted molar refractivity (Wildman–Crippen MR) is 96.0 cm³/mol. The number of carbonyl (C=O) groups is 1. The first-order valence-electron chi connectivity index (χ1n) is 9.38. The summed E-state index contributed by atoms with van der Waals surface area (Å²) in [5.41, 5.74) is 0.434. The van der Waals surface area contributed by atoms with Gasteiger partial charge >= 0.3 is 0 Å². The Morgan fingerprint density at radius 2 is 2.08 bits per heavy atom. The number of amides is 1. The van der Waals surface area contributed by atoms with Crippen molar-refractivity contribution in [3.05, 3.63) is 35.6 Å². The molecule has 4 nitrogen and oxygen atoms in total. The van der Waals surface area contributed by atoms with Crippen LogP contribution >= 0.6 is 0 Å². The number of nitrogens with zero attached hydrogens (tertiary/aromatic N) is 1. The quantitative estimate of drug-likeness (QED) is 0.859. The molecule has 1 aliphatic carbocycles. The first kappa shape index (κ1) is 18.3. The molecule has 1 aromatic carbocycles. The van der Waals surface area contributed by atoms with Crippen molar-refractivity contribution < 1.29 is 13.9 Å². The van der Waals surface area contributed by atoms with Gasteiger partial charge in [-0.15, -0.1) is 0 Å². The lowest BCUT2D eigenvalue weighted by Crippen LogP contribution is -2.53. The minimum absolute atomic E-state index is 0.0433. The van der Waals surface area contributed by atoms with Gasteiger partial charge in [0, 0.05) is 26.2 Å². The largest absolute Gasteiger partial charge is 0.374 e. The van der Waals surface area contributed by atoms with Gasteiger partial charge in [0.1, 0.15) is 5.82 Å². The Morgan fingerprint density at radius 3 is 2.68 bits per heavy atom. The molecule has 0 spiro atoms. The monoisotopic (exact) mass is 348 g/mol. The molecule has 0 bridgehead atoms. The van der Waals surface area contributed by atoms with Gasteiger partial charge < -0.3 is 10.1 Å². The van der Waals surface area contributed by atoms with E-state index in [0.717, 1.165) is 51.1 Å². The van der Waals surface area contributed by atoms with E-state index in [1.54, 1.807) is 12.1 Å². The smallest absolute Gasteiger partial charge is 0.230 e. The molecule has 5 heteroatoms. The molecule has 0 radical (unpaired) electrons. The molecule has 1 saturated carbocycles. The van der Waals surface area contributed by atoms with Crippen LogP contribution in [-0.2, 0) is 14.9 Å². The Morgan fingerprint density at radius 1 is 1.36 bits per heavy atom. The van der Waals surface area contributed by atoms with Crippen molar-refractivity contribution in [1.29, 1.82) is 0 Å². The number of morpholine rings is 1. The Balaban J connectivity index is 1.57. The summed E-state index contributed by atoms with van der Waals surface area (Å²) in [6, 6.07) is 6.37. The Bertz CT molecular complexity index is 584. The molecular formula is C20H29FN2O2. The lowest BCUT2D eigenvalue weighted by molar-refractivity contribution is -0.131. The average molecular weight is 348 g/mol. The summed E-state index contributed by atoms with van der Waals surface area (Å²) < 4.78 is 19.0. The Kier molecular flexibility index (Phi) is 5.74. The number of hydrogen-bond donors (Lipinski definition) is 1. The maximum atomic E-state index is 13.2. The van der Waals surface area contributed by atoms with E-state index in [-0.39, 0.29) is 17.8 Å². The molecule has 2 fully saturated rings. The standard InChI is InChI=1S/C20H29FN2O2/c1-15(2)13-23-10-11-25-18(14-23)12-22-19(24)20(8-3-9-20)16-4-6-17(21)7-5-16/h4-7,15,18H,3,8-14H2,1-2H3,(H,22,24). The molecule has 1 unspecified atom stereocenters. The number of nitrogens with one attached hydrogen (secondary N) is 1. The second-order valence-corrected chi connectivity index (χ2v) is 7.80. The van der Waals surface area contributed by atoms with Gasteiger partial charge in [0.15, 0.2) is 0 Å². The molecule has 1 amide bonds. The number of halogens is 1. The number of benzene rings is 1. The Labute approximate surface area is 149 Å². The molecule has 1 atom stereocenters. The van der Waals surface area contributed by atoms with Gasteiger partial charge in [-0.25, -0.2) is 4.39 Å². The highest BCUT2D eigenvalue weighted by atomic mass is 19.1. The number of carbonyl (C=O) groups excluding carboxylic acids is 1. The first-order valence-corrected chi connectivity index (χ1v) is 9.38. The van der Waals surface area contributed by atoms with Crippen LogP contribution in [0, 0.1) is 11.7 Å². The molecule has 1 heterocycles. The van der Waals surface area contributed by atoms with Crippen LogP contribution in [0.15, 0.2) is 24.3 Å². The molecule has 1 aliphatic heterocycles. The van der Waals surface area contributed by atoms with Gasteiger partial charge in [0.05, 0.1) is 18.1 Å². The fraction of sp³-hybridized carbons (Fsp3) is 0.650. The molecule has 1 aromatic rings. The second-order valence-electron chi connectivity index (χ2n) is 7.80. The van der Waals surface area contributed by atoms with Gasteiger partial charge in [-0.3, -0.25) is 9.69 Å². The number of ether oxygens (including phenoxy) is 1. The van der Waals surface area contributed by atoms with Crippen molar-refractivity contribution >= 4 is 5.91 Å². The first-order chi connectivity index (χ1) is 12.0. The summed E-state index contributed by atoms with van der Waals surface area (Å²) in [5, 5.41) is 3.10. The summed E-state index contributed by atoms with van der Waals surface area (Å²) in [6.45, 7) is 8.58. The SMILES string of the molecule is CC(C)CN1CCOC(CNC(=O)C2(c3ccc(F)cc3)CCC2)C1. The zero-order chi connectivity index (χ0) is 17.9. The molecular weight excluding hydrogens is 319 g/mol. The van der Waals surface area contributed by atoms with Crippen molar-refractivity contribution in [2.75, 3.05) is 32.8 Å². The van der Waals surface area contributed by atoms with Crippen molar-refractivity contribution in [2.45, 2.75) is 44.6 Å².